The lowest BCUT2D eigenvalue weighted by molar-refractivity contribution is -0.177. The van der Waals surface area contributed by atoms with Crippen LogP contribution in [0.3, 0.4) is 0 Å². The number of rotatable bonds is 11. The fraction of sp³-hybridized carbons (Fsp3) is 0.567. The van der Waals surface area contributed by atoms with Crippen LogP contribution in [0.15, 0.2) is 24.0 Å². The molecule has 2 heterocycles. The Morgan fingerprint density at radius 3 is 2.48 bits per heavy atom. The number of hydrogen-bond acceptors (Lipinski definition) is 13. The van der Waals surface area contributed by atoms with Crippen LogP contribution in [0.25, 0.3) is 0 Å². The quantitative estimate of drug-likeness (QED) is 0.129. The summed E-state index contributed by atoms with van der Waals surface area (Å²) in [6, 6.07) is 1.51. The molecule has 8 atom stereocenters. The van der Waals surface area contributed by atoms with Gasteiger partial charge in [-0.2, -0.15) is 0 Å². The van der Waals surface area contributed by atoms with Gasteiger partial charge in [0.2, 0.25) is 0 Å². The Labute approximate surface area is 262 Å². The number of carbonyl (C=O) groups excluding carboxylic acids is 3. The van der Waals surface area contributed by atoms with Crippen molar-refractivity contribution >= 4 is 29.8 Å². The summed E-state index contributed by atoms with van der Waals surface area (Å²) < 4.78 is 16.7. The summed E-state index contributed by atoms with van der Waals surface area (Å²) in [5.74, 6) is -7.11. The van der Waals surface area contributed by atoms with Gasteiger partial charge in [0.25, 0.3) is 5.91 Å². The van der Waals surface area contributed by atoms with E-state index in [1.165, 1.54) is 6.08 Å². The first-order valence-corrected chi connectivity index (χ1v) is 14.7. The van der Waals surface area contributed by atoms with Gasteiger partial charge in [-0.05, 0) is 51.4 Å². The summed E-state index contributed by atoms with van der Waals surface area (Å²) in [5.41, 5.74) is -0.251. The molecule has 0 unspecified atom stereocenters. The number of hydrogen-bond donors (Lipinski definition) is 7. The second-order valence-electron chi connectivity index (χ2n) is 12.1. The molecule has 0 radical (unpaired) electrons. The number of carboxylic acid groups (broad SMARTS) is 2. The van der Waals surface area contributed by atoms with Gasteiger partial charge in [0.05, 0.1) is 24.0 Å². The van der Waals surface area contributed by atoms with Crippen molar-refractivity contribution in [1.82, 2.24) is 10.2 Å². The van der Waals surface area contributed by atoms with Gasteiger partial charge in [-0.15, -0.1) is 0 Å². The summed E-state index contributed by atoms with van der Waals surface area (Å²) in [5, 5.41) is 63.2. The third kappa shape index (κ3) is 5.29. The zero-order chi connectivity index (χ0) is 33.7. The highest BCUT2D eigenvalue weighted by molar-refractivity contribution is 5.91. The number of amides is 1. The number of carboxylic acids is 2. The van der Waals surface area contributed by atoms with Crippen LogP contribution in [0.1, 0.15) is 49.3 Å². The monoisotopic (exact) mass is 648 g/mol. The van der Waals surface area contributed by atoms with E-state index in [1.807, 2.05) is 18.4 Å². The van der Waals surface area contributed by atoms with Crippen molar-refractivity contribution in [2.75, 3.05) is 13.6 Å². The van der Waals surface area contributed by atoms with Gasteiger partial charge in [-0.25, -0.2) is 14.4 Å². The zero-order valence-corrected chi connectivity index (χ0v) is 25.0. The molecule has 1 aromatic carbocycles. The third-order valence-electron chi connectivity index (χ3n) is 9.51. The van der Waals surface area contributed by atoms with E-state index in [9.17, 15) is 44.4 Å². The standard InChI is InChI=1S/C30H36N2O14/c1-13(25(38)31-16(26(39)40)11-19(34)35)44-27(41)21(36)22(37)28(42)45-17-6-8-30(43)18-10-14-4-5-15(12-33)23-20(14)29(30,24(17)46-23)7-3-9-32(18)2/h4-6,13,16,18,21-22,24,33,36-37,43H,3,7-12H2,1-2H3,(H,31,38)(H,34,35)(H,39,40)/t13-,16-,18+,21+,22+,24-,29-,30+/m0/s1. The average Bonchev–Trinajstić information content (AvgIpc) is 3.34. The largest absolute Gasteiger partial charge is 0.481 e. The summed E-state index contributed by atoms with van der Waals surface area (Å²) >= 11 is 0. The average molecular weight is 649 g/mol. The molecule has 7 N–H and O–H groups in total. The molecule has 16 heteroatoms. The Balaban J connectivity index is 1.32. The Hall–Kier alpha value is -4.09. The lowest BCUT2D eigenvalue weighted by Crippen LogP contribution is -2.69. The van der Waals surface area contributed by atoms with E-state index < -0.39 is 77.7 Å². The number of nitrogens with zero attached hydrogens (tertiary/aromatic N) is 1. The minimum absolute atomic E-state index is 0.0548. The summed E-state index contributed by atoms with van der Waals surface area (Å²) in [7, 11) is 1.93. The Bertz CT molecular complexity index is 1490. The number of aliphatic hydroxyl groups is 4. The Morgan fingerprint density at radius 2 is 1.83 bits per heavy atom. The second kappa shape index (κ2) is 12.3. The minimum atomic E-state index is -2.53. The molecule has 4 aliphatic rings. The fourth-order valence-corrected chi connectivity index (χ4v) is 7.28. The highest BCUT2D eigenvalue weighted by Gasteiger charge is 2.70. The van der Waals surface area contributed by atoms with Gasteiger partial charge in [-0.3, -0.25) is 9.59 Å². The first-order chi connectivity index (χ1) is 21.7. The van der Waals surface area contributed by atoms with Crippen molar-refractivity contribution < 1.29 is 68.8 Å². The molecular weight excluding hydrogens is 612 g/mol. The number of ether oxygens (including phenoxy) is 3. The van der Waals surface area contributed by atoms with E-state index in [-0.39, 0.29) is 24.8 Å². The molecule has 46 heavy (non-hydrogen) atoms. The molecule has 1 aromatic rings. The summed E-state index contributed by atoms with van der Waals surface area (Å²) in [6.45, 7) is 1.35. The van der Waals surface area contributed by atoms with Crippen molar-refractivity contribution in [3.8, 4) is 5.75 Å². The lowest BCUT2D eigenvalue weighted by Gasteiger charge is -2.56. The van der Waals surface area contributed by atoms with Crippen LogP contribution >= 0.6 is 0 Å². The molecule has 2 bridgehead atoms. The molecule has 16 nitrogen and oxygen atoms in total. The molecular formula is C30H36N2O14. The van der Waals surface area contributed by atoms with E-state index in [1.54, 1.807) is 6.07 Å². The van der Waals surface area contributed by atoms with E-state index in [2.05, 4.69) is 4.90 Å². The molecule has 1 spiro atoms. The predicted octanol–water partition coefficient (Wildman–Crippen LogP) is -1.91. The normalized spacial score (nSPS) is 28.6. The number of carbonyl (C=O) groups is 5. The van der Waals surface area contributed by atoms with Crippen molar-refractivity contribution in [2.45, 2.75) is 93.2 Å². The number of aliphatic hydroxyl groups excluding tert-OH is 3. The molecule has 1 fully saturated rings. The maximum atomic E-state index is 13.1. The molecule has 5 rings (SSSR count). The molecule has 0 aromatic heterocycles. The number of likely N-dealkylation sites (N-methyl/N-ethyl adjacent to an activating group) is 1. The van der Waals surface area contributed by atoms with Gasteiger partial charge < -0.3 is 55.1 Å². The molecule has 2 aliphatic carbocycles. The minimum Gasteiger partial charge on any atom is -0.481 e. The molecule has 2 aliphatic heterocycles. The van der Waals surface area contributed by atoms with Crippen molar-refractivity contribution in [2.24, 2.45) is 0 Å². The smallest absolute Gasteiger partial charge is 0.343 e. The van der Waals surface area contributed by atoms with E-state index in [0.717, 1.165) is 18.1 Å². The lowest BCUT2D eigenvalue weighted by atomic mass is 9.52. The molecule has 250 valence electrons. The summed E-state index contributed by atoms with van der Waals surface area (Å²) in [6.07, 6.45) is -5.59. The van der Waals surface area contributed by atoms with E-state index in [0.29, 0.717) is 37.1 Å². The second-order valence-corrected chi connectivity index (χ2v) is 12.1. The van der Waals surface area contributed by atoms with Crippen LogP contribution in [-0.4, -0.2) is 121 Å². The first kappa shape index (κ1) is 33.3. The number of nitrogens with one attached hydrogen (secondary N) is 1. The number of esters is 2. The van der Waals surface area contributed by atoms with Crippen LogP contribution in [0.2, 0.25) is 0 Å². The van der Waals surface area contributed by atoms with E-state index in [4.69, 9.17) is 24.4 Å². The number of likely N-dealkylation sites (tertiary alicyclic amines) is 1. The topological polar surface area (TPSA) is 250 Å². The van der Waals surface area contributed by atoms with Crippen LogP contribution in [0, 0.1) is 0 Å². The van der Waals surface area contributed by atoms with Crippen LogP contribution in [0.5, 0.6) is 5.75 Å². The SMILES string of the molecule is C[C@H](OC(=O)[C@H](O)[C@@H](O)C(=O)OC1=CC[C@@]2(O)[C@H]3Cc4ccc(CO)c5c4[C@@]2(CCCN3C)[C@H]1O5)C(=O)N[C@@H](CC(=O)O)C(=O)O. The van der Waals surface area contributed by atoms with Gasteiger partial charge >= 0.3 is 23.9 Å². The maximum absolute atomic E-state index is 13.1. The van der Waals surface area contributed by atoms with Gasteiger partial charge in [-0.1, -0.05) is 12.1 Å². The Morgan fingerprint density at radius 1 is 1.13 bits per heavy atom. The maximum Gasteiger partial charge on any atom is 0.343 e. The predicted molar refractivity (Wildman–Crippen MR) is 151 cm³/mol. The third-order valence-corrected chi connectivity index (χ3v) is 9.51. The number of benzene rings is 1. The highest BCUT2D eigenvalue weighted by atomic mass is 16.6. The van der Waals surface area contributed by atoms with Crippen LogP contribution in [0.4, 0.5) is 0 Å². The highest BCUT2D eigenvalue weighted by Crippen LogP contribution is 2.64. The first-order valence-electron chi connectivity index (χ1n) is 14.7. The van der Waals surface area contributed by atoms with Crippen molar-refractivity contribution in [3.63, 3.8) is 0 Å². The molecule has 1 amide bonds. The van der Waals surface area contributed by atoms with Gasteiger partial charge in [0.15, 0.2) is 24.4 Å². The van der Waals surface area contributed by atoms with Gasteiger partial charge in [0, 0.05) is 23.6 Å². The Kier molecular flexibility index (Phi) is 8.87. The fourth-order valence-electron chi connectivity index (χ4n) is 7.28. The molecule has 1 saturated heterocycles. The molecule has 0 saturated carbocycles. The van der Waals surface area contributed by atoms with Gasteiger partial charge in [0.1, 0.15) is 17.6 Å². The zero-order valence-electron chi connectivity index (χ0n) is 25.0. The van der Waals surface area contributed by atoms with E-state index >= 15 is 0 Å². The summed E-state index contributed by atoms with van der Waals surface area (Å²) in [4.78, 5) is 62.0. The van der Waals surface area contributed by atoms with Crippen molar-refractivity contribution in [3.05, 3.63) is 40.7 Å². The number of aliphatic carboxylic acids is 2. The van der Waals surface area contributed by atoms with Crippen LogP contribution in [-0.2, 0) is 51.9 Å². The van der Waals surface area contributed by atoms with Crippen LogP contribution < -0.4 is 10.1 Å². The van der Waals surface area contributed by atoms with Crippen molar-refractivity contribution in [1.29, 1.82) is 0 Å².